The quantitative estimate of drug-likeness (QED) is 0.626. The molecule has 0 aliphatic heterocycles. The smallest absolute Gasteiger partial charge is 0.329 e. The fourth-order valence-corrected chi connectivity index (χ4v) is 3.27. The molecule has 1 heterocycles. The summed E-state index contributed by atoms with van der Waals surface area (Å²) < 4.78 is 5.28. The number of aliphatic hydroxyl groups is 1. The monoisotopic (exact) mass is 405 g/mol. The fourth-order valence-electron chi connectivity index (χ4n) is 2.44. The first-order valence-electron chi connectivity index (χ1n) is 9.18. The second-order valence-corrected chi connectivity index (χ2v) is 7.69. The van der Waals surface area contributed by atoms with Crippen molar-refractivity contribution < 1.29 is 19.4 Å². The molecule has 0 fully saturated rings. The maximum atomic E-state index is 12.5. The Morgan fingerprint density at radius 1 is 1.29 bits per heavy atom. The topological polar surface area (TPSA) is 91.8 Å². The van der Waals surface area contributed by atoms with Crippen molar-refractivity contribution in [1.29, 1.82) is 0 Å². The van der Waals surface area contributed by atoms with Crippen LogP contribution < -0.4 is 5.32 Å². The summed E-state index contributed by atoms with van der Waals surface area (Å²) in [6.45, 7) is 4.35. The van der Waals surface area contributed by atoms with Crippen molar-refractivity contribution in [2.75, 3.05) is 13.7 Å². The minimum Gasteiger partial charge on any atom is -0.459 e. The van der Waals surface area contributed by atoms with Crippen molar-refractivity contribution >= 4 is 23.3 Å². The first-order chi connectivity index (χ1) is 13.4. The van der Waals surface area contributed by atoms with E-state index in [1.807, 2.05) is 35.7 Å². The van der Waals surface area contributed by atoms with Crippen LogP contribution in [0.5, 0.6) is 0 Å². The van der Waals surface area contributed by atoms with Crippen LogP contribution in [0, 0.1) is 0 Å². The molecule has 1 aromatic carbocycles. The number of esters is 1. The number of aromatic nitrogens is 1. The molecule has 2 aromatic rings. The second kappa shape index (κ2) is 10.8. The molecule has 152 valence electrons. The van der Waals surface area contributed by atoms with E-state index in [0.717, 1.165) is 16.3 Å². The van der Waals surface area contributed by atoms with Gasteiger partial charge in [0.2, 0.25) is 0 Å². The fraction of sp³-hybridized carbons (Fsp3) is 0.450. The summed E-state index contributed by atoms with van der Waals surface area (Å²) in [5, 5.41) is 14.8. The molecule has 1 aromatic heterocycles. The lowest BCUT2D eigenvalue weighted by molar-refractivity contribution is -0.147. The molecule has 0 bridgehead atoms. The highest BCUT2D eigenvalue weighted by molar-refractivity contribution is 7.09. The summed E-state index contributed by atoms with van der Waals surface area (Å²) in [5.41, 5.74) is 1.66. The molecule has 0 radical (unpaired) electrons. The van der Waals surface area contributed by atoms with Gasteiger partial charge in [0.15, 0.2) is 0 Å². The molecule has 0 aliphatic carbocycles. The Balaban J connectivity index is 1.89. The van der Waals surface area contributed by atoms with E-state index >= 15 is 0 Å². The third-order valence-electron chi connectivity index (χ3n) is 4.03. The molecule has 8 heteroatoms. The first-order valence-corrected chi connectivity index (χ1v) is 10.1. The molecule has 2 amide bonds. The number of carbonyl (C=O) groups excluding carboxylic acids is 2. The molecule has 0 saturated heterocycles. The van der Waals surface area contributed by atoms with E-state index in [0.29, 0.717) is 12.5 Å². The Bertz CT molecular complexity index is 764. The molecule has 7 nitrogen and oxygen atoms in total. The van der Waals surface area contributed by atoms with Gasteiger partial charge >= 0.3 is 12.0 Å². The number of rotatable bonds is 9. The van der Waals surface area contributed by atoms with Gasteiger partial charge in [-0.05, 0) is 5.56 Å². The van der Waals surface area contributed by atoms with E-state index in [2.05, 4.69) is 24.1 Å². The number of nitrogens with one attached hydrogen (secondary N) is 1. The summed E-state index contributed by atoms with van der Waals surface area (Å²) in [6.07, 6.45) is 0.0847. The van der Waals surface area contributed by atoms with Crippen LogP contribution in [0.15, 0.2) is 35.7 Å². The summed E-state index contributed by atoms with van der Waals surface area (Å²) in [4.78, 5) is 30.7. The Labute approximate surface area is 169 Å². The van der Waals surface area contributed by atoms with Crippen LogP contribution in [0.25, 0.3) is 0 Å². The van der Waals surface area contributed by atoms with E-state index in [9.17, 15) is 14.7 Å². The normalized spacial score (nSPS) is 11.9. The van der Waals surface area contributed by atoms with Gasteiger partial charge in [-0.2, -0.15) is 0 Å². The van der Waals surface area contributed by atoms with E-state index in [4.69, 9.17) is 4.74 Å². The molecule has 2 rings (SSSR count). The summed E-state index contributed by atoms with van der Waals surface area (Å²) >= 11 is 1.57. The molecular formula is C20H27N3O4S. The van der Waals surface area contributed by atoms with E-state index < -0.39 is 18.0 Å². The highest BCUT2D eigenvalue weighted by atomic mass is 32.1. The van der Waals surface area contributed by atoms with Gasteiger partial charge in [-0.1, -0.05) is 44.2 Å². The lowest BCUT2D eigenvalue weighted by atomic mass is 10.2. The van der Waals surface area contributed by atoms with Gasteiger partial charge < -0.3 is 20.1 Å². The number of hydrogen-bond donors (Lipinski definition) is 2. The molecule has 0 unspecified atom stereocenters. The zero-order valence-corrected chi connectivity index (χ0v) is 17.2. The number of hydrogen-bond acceptors (Lipinski definition) is 6. The number of ether oxygens (including phenoxy) is 1. The predicted octanol–water partition coefficient (Wildman–Crippen LogP) is 2.90. The van der Waals surface area contributed by atoms with Gasteiger partial charge in [0.1, 0.15) is 12.6 Å². The number of aliphatic hydroxyl groups excluding tert-OH is 1. The van der Waals surface area contributed by atoms with Crippen LogP contribution in [-0.4, -0.2) is 46.7 Å². The summed E-state index contributed by atoms with van der Waals surface area (Å²) in [6, 6.07) is 7.95. The summed E-state index contributed by atoms with van der Waals surface area (Å²) in [7, 11) is 1.63. The van der Waals surface area contributed by atoms with E-state index in [-0.39, 0.29) is 19.6 Å². The zero-order chi connectivity index (χ0) is 20.5. The van der Waals surface area contributed by atoms with Crippen molar-refractivity contribution in [3.63, 3.8) is 0 Å². The van der Waals surface area contributed by atoms with Crippen LogP contribution in [-0.2, 0) is 22.7 Å². The highest BCUT2D eigenvalue weighted by Crippen LogP contribution is 2.19. The number of amides is 2. The Hall–Kier alpha value is -2.45. The largest absolute Gasteiger partial charge is 0.459 e. The Morgan fingerprint density at radius 3 is 2.61 bits per heavy atom. The third kappa shape index (κ3) is 6.61. The highest BCUT2D eigenvalue weighted by Gasteiger charge is 2.24. The standard InChI is InChI=1S/C20H27N3O4S/c1-14(2)18-21-16(13-28-18)11-23(3)20(26)22-17(9-10-24)19(25)27-12-15-7-5-4-6-8-15/h4-8,13-14,17,24H,9-12H2,1-3H3,(H,22,26)/t17-/m1/s1. The Kier molecular flexibility index (Phi) is 8.41. The van der Waals surface area contributed by atoms with Crippen LogP contribution in [0.4, 0.5) is 4.79 Å². The molecule has 0 aliphatic rings. The average molecular weight is 406 g/mol. The lowest BCUT2D eigenvalue weighted by Gasteiger charge is -2.22. The van der Waals surface area contributed by atoms with Crippen LogP contribution >= 0.6 is 11.3 Å². The second-order valence-electron chi connectivity index (χ2n) is 6.80. The maximum absolute atomic E-state index is 12.5. The SMILES string of the molecule is CC(C)c1nc(CN(C)C(=O)N[C@H](CCO)C(=O)OCc2ccccc2)cs1. The molecular weight excluding hydrogens is 378 g/mol. The molecule has 1 atom stereocenters. The van der Waals surface area contributed by atoms with Crippen LogP contribution in [0.1, 0.15) is 42.5 Å². The molecule has 2 N–H and O–H groups in total. The lowest BCUT2D eigenvalue weighted by Crippen LogP contribution is -2.47. The first kappa shape index (κ1) is 21.8. The number of carbonyl (C=O) groups is 2. The van der Waals surface area contributed by atoms with Gasteiger partial charge in [0, 0.05) is 31.4 Å². The van der Waals surface area contributed by atoms with Gasteiger partial charge in [-0.15, -0.1) is 11.3 Å². The van der Waals surface area contributed by atoms with Crippen molar-refractivity contribution in [1.82, 2.24) is 15.2 Å². The number of thiazole rings is 1. The minimum atomic E-state index is -0.912. The molecule has 0 spiro atoms. The van der Waals surface area contributed by atoms with Crippen molar-refractivity contribution in [3.05, 3.63) is 52.0 Å². The van der Waals surface area contributed by atoms with Crippen molar-refractivity contribution in [3.8, 4) is 0 Å². The van der Waals surface area contributed by atoms with E-state index in [1.54, 1.807) is 18.4 Å². The molecule has 0 saturated carbocycles. The van der Waals surface area contributed by atoms with Crippen LogP contribution in [0.3, 0.4) is 0 Å². The number of nitrogens with zero attached hydrogens (tertiary/aromatic N) is 2. The predicted molar refractivity (Wildman–Crippen MR) is 108 cm³/mol. The number of benzene rings is 1. The zero-order valence-electron chi connectivity index (χ0n) is 16.4. The average Bonchev–Trinajstić information content (AvgIpc) is 3.15. The minimum absolute atomic E-state index is 0.0847. The van der Waals surface area contributed by atoms with Gasteiger partial charge in [0.25, 0.3) is 0 Å². The van der Waals surface area contributed by atoms with Crippen molar-refractivity contribution in [2.24, 2.45) is 0 Å². The van der Waals surface area contributed by atoms with Crippen molar-refractivity contribution in [2.45, 2.75) is 45.4 Å². The third-order valence-corrected chi connectivity index (χ3v) is 5.23. The van der Waals surface area contributed by atoms with Gasteiger partial charge in [0.05, 0.1) is 17.2 Å². The Morgan fingerprint density at radius 2 is 2.00 bits per heavy atom. The van der Waals surface area contributed by atoms with E-state index in [1.165, 1.54) is 4.90 Å². The van der Waals surface area contributed by atoms with Crippen LogP contribution in [0.2, 0.25) is 0 Å². The maximum Gasteiger partial charge on any atom is 0.329 e. The summed E-state index contributed by atoms with van der Waals surface area (Å²) in [5.74, 6) is -0.235. The van der Waals surface area contributed by atoms with Gasteiger partial charge in [-0.3, -0.25) is 0 Å². The van der Waals surface area contributed by atoms with Gasteiger partial charge in [-0.25, -0.2) is 14.6 Å². The number of urea groups is 1. The molecule has 28 heavy (non-hydrogen) atoms.